The van der Waals surface area contributed by atoms with E-state index in [9.17, 15) is 13.2 Å². The molecule has 1 aromatic carbocycles. The number of carbonyl (C=O) groups excluding carboxylic acids is 1. The second-order valence-corrected chi connectivity index (χ2v) is 7.12. The normalized spacial score (nSPS) is 14.1. The van der Waals surface area contributed by atoms with Gasteiger partial charge in [0.05, 0.1) is 19.8 Å². The van der Waals surface area contributed by atoms with E-state index in [1.54, 1.807) is 6.92 Å². The fourth-order valence-corrected chi connectivity index (χ4v) is 3.50. The van der Waals surface area contributed by atoms with Gasteiger partial charge in [0.1, 0.15) is 10.6 Å². The Morgan fingerprint density at radius 1 is 1.30 bits per heavy atom. The van der Waals surface area contributed by atoms with Gasteiger partial charge in [-0.25, -0.2) is 8.42 Å². The zero-order valence-corrected chi connectivity index (χ0v) is 15.0. The zero-order chi connectivity index (χ0) is 17.6. The van der Waals surface area contributed by atoms with Crippen LogP contribution in [-0.4, -0.2) is 47.2 Å². The molecule has 0 fully saturated rings. The average molecular weight is 365 g/mol. The maximum absolute atomic E-state index is 12.4. The highest BCUT2D eigenvalue weighted by Crippen LogP contribution is 2.26. The molecule has 0 saturated carbocycles. The molecule has 0 bridgehead atoms. The summed E-state index contributed by atoms with van der Waals surface area (Å²) in [5.74, 6) is -0.318. The maximum atomic E-state index is 12.4. The number of carbonyl (C=O) groups is 1. The molecule has 9 heteroatoms. The molecule has 0 aromatic heterocycles. The fraction of sp³-hybridized carbons (Fsp3) is 0.500. The number of sulfonamides is 1. The summed E-state index contributed by atoms with van der Waals surface area (Å²) in [6.07, 6.45) is 0. The summed E-state index contributed by atoms with van der Waals surface area (Å²) in [6.45, 7) is 3.53. The Kier molecular flexibility index (Phi) is 7.27. The Hall–Kier alpha value is -1.35. The van der Waals surface area contributed by atoms with Gasteiger partial charge in [0.2, 0.25) is 15.9 Å². The Morgan fingerprint density at radius 3 is 2.52 bits per heavy atom. The highest BCUT2D eigenvalue weighted by molar-refractivity contribution is 7.89. The van der Waals surface area contributed by atoms with Crippen molar-refractivity contribution in [2.24, 2.45) is 0 Å². The van der Waals surface area contributed by atoms with Crippen molar-refractivity contribution in [3.63, 3.8) is 0 Å². The molecule has 0 aliphatic rings. The van der Waals surface area contributed by atoms with Crippen LogP contribution in [-0.2, 0) is 19.6 Å². The lowest BCUT2D eigenvalue weighted by Crippen LogP contribution is -2.48. The van der Waals surface area contributed by atoms with E-state index in [4.69, 9.17) is 21.1 Å². The van der Waals surface area contributed by atoms with Gasteiger partial charge in [0.15, 0.2) is 0 Å². The molecule has 0 aliphatic heterocycles. The lowest BCUT2D eigenvalue weighted by molar-refractivity contribution is -0.123. The minimum atomic E-state index is -3.97. The van der Waals surface area contributed by atoms with Crippen LogP contribution >= 0.6 is 11.6 Å². The summed E-state index contributed by atoms with van der Waals surface area (Å²) in [7, 11) is -1.10. The molecule has 1 aromatic rings. The first kappa shape index (κ1) is 19.7. The Balaban J connectivity index is 2.90. The van der Waals surface area contributed by atoms with E-state index in [1.165, 1.54) is 39.3 Å². The van der Waals surface area contributed by atoms with Gasteiger partial charge in [-0.3, -0.25) is 4.79 Å². The van der Waals surface area contributed by atoms with Crippen LogP contribution in [0.4, 0.5) is 0 Å². The summed E-state index contributed by atoms with van der Waals surface area (Å²) < 4.78 is 37.1. The number of hydrogen-bond donors (Lipinski definition) is 2. The van der Waals surface area contributed by atoms with Gasteiger partial charge in [-0.05, 0) is 32.0 Å². The first-order valence-electron chi connectivity index (χ1n) is 6.86. The molecule has 0 radical (unpaired) electrons. The molecular weight excluding hydrogens is 344 g/mol. The standard InChI is InChI=1S/C14H21ClN2O5S/c1-9(8-21-3)16-14(18)10(2)17-23(19,20)13-7-11(15)5-6-12(13)22-4/h5-7,9-10,17H,8H2,1-4H3,(H,16,18)/t9-,10-/m1/s1. The number of nitrogens with one attached hydrogen (secondary N) is 2. The number of hydrogen-bond acceptors (Lipinski definition) is 5. The van der Waals surface area contributed by atoms with Gasteiger partial charge in [-0.1, -0.05) is 11.6 Å². The van der Waals surface area contributed by atoms with Crippen molar-refractivity contribution < 1.29 is 22.7 Å². The van der Waals surface area contributed by atoms with E-state index in [-0.39, 0.29) is 21.7 Å². The quantitative estimate of drug-likeness (QED) is 0.722. The zero-order valence-electron chi connectivity index (χ0n) is 13.4. The second-order valence-electron chi connectivity index (χ2n) is 5.00. The van der Waals surface area contributed by atoms with Crippen LogP contribution in [0.1, 0.15) is 13.8 Å². The summed E-state index contributed by atoms with van der Waals surface area (Å²) in [5, 5.41) is 2.89. The van der Waals surface area contributed by atoms with Gasteiger partial charge >= 0.3 is 0 Å². The van der Waals surface area contributed by atoms with Gasteiger partial charge in [-0.15, -0.1) is 0 Å². The largest absolute Gasteiger partial charge is 0.495 e. The second kappa shape index (κ2) is 8.49. The van der Waals surface area contributed by atoms with Crippen molar-refractivity contribution in [1.82, 2.24) is 10.0 Å². The van der Waals surface area contributed by atoms with Gasteiger partial charge in [0, 0.05) is 18.2 Å². The van der Waals surface area contributed by atoms with Crippen molar-refractivity contribution in [2.45, 2.75) is 30.8 Å². The summed E-state index contributed by atoms with van der Waals surface area (Å²) >= 11 is 5.84. The fourth-order valence-electron chi connectivity index (χ4n) is 1.87. The predicted molar refractivity (Wildman–Crippen MR) is 87.3 cm³/mol. The molecule has 1 rings (SSSR count). The smallest absolute Gasteiger partial charge is 0.245 e. The molecule has 2 N–H and O–H groups in total. The predicted octanol–water partition coefficient (Wildman–Crippen LogP) is 1.17. The SMILES string of the molecule is COC[C@@H](C)NC(=O)[C@@H](C)NS(=O)(=O)c1cc(Cl)ccc1OC. The molecule has 23 heavy (non-hydrogen) atoms. The lowest BCUT2D eigenvalue weighted by atomic mass is 10.3. The van der Waals surface area contributed by atoms with Crippen LogP contribution in [0.15, 0.2) is 23.1 Å². The van der Waals surface area contributed by atoms with Gasteiger partial charge in [0.25, 0.3) is 0 Å². The number of halogens is 1. The molecule has 0 spiro atoms. The first-order valence-corrected chi connectivity index (χ1v) is 8.72. The molecular formula is C14H21ClN2O5S. The van der Waals surface area contributed by atoms with Crippen LogP contribution in [0.3, 0.4) is 0 Å². The highest BCUT2D eigenvalue weighted by Gasteiger charge is 2.25. The highest BCUT2D eigenvalue weighted by atomic mass is 35.5. The Morgan fingerprint density at radius 2 is 1.96 bits per heavy atom. The van der Waals surface area contributed by atoms with E-state index in [1.807, 2.05) is 0 Å². The number of ether oxygens (including phenoxy) is 2. The first-order chi connectivity index (χ1) is 10.7. The maximum Gasteiger partial charge on any atom is 0.245 e. The van der Waals surface area contributed by atoms with Crippen molar-refractivity contribution in [3.05, 3.63) is 23.2 Å². The van der Waals surface area contributed by atoms with Crippen LogP contribution in [0.25, 0.3) is 0 Å². The topological polar surface area (TPSA) is 93.7 Å². The monoisotopic (exact) mass is 364 g/mol. The molecule has 0 saturated heterocycles. The van der Waals surface area contributed by atoms with Crippen LogP contribution < -0.4 is 14.8 Å². The molecule has 1 amide bonds. The average Bonchev–Trinajstić information content (AvgIpc) is 2.46. The summed E-state index contributed by atoms with van der Waals surface area (Å²) in [5.41, 5.74) is 0. The van der Waals surface area contributed by atoms with Crippen molar-refractivity contribution in [3.8, 4) is 5.75 Å². The number of rotatable bonds is 8. The van der Waals surface area contributed by atoms with Crippen LogP contribution in [0.5, 0.6) is 5.75 Å². The molecule has 0 unspecified atom stereocenters. The number of amides is 1. The molecule has 0 aliphatic carbocycles. The van der Waals surface area contributed by atoms with E-state index < -0.39 is 22.0 Å². The van der Waals surface area contributed by atoms with Gasteiger partial charge < -0.3 is 14.8 Å². The third kappa shape index (κ3) is 5.65. The van der Waals surface area contributed by atoms with Crippen molar-refractivity contribution in [2.75, 3.05) is 20.8 Å². The Labute approximate surface area is 141 Å². The van der Waals surface area contributed by atoms with Crippen molar-refractivity contribution in [1.29, 1.82) is 0 Å². The summed E-state index contributed by atoms with van der Waals surface area (Å²) in [6, 6.07) is 3.02. The molecule has 130 valence electrons. The minimum Gasteiger partial charge on any atom is -0.495 e. The molecule has 7 nitrogen and oxygen atoms in total. The summed E-state index contributed by atoms with van der Waals surface area (Å²) in [4.78, 5) is 11.9. The lowest BCUT2D eigenvalue weighted by Gasteiger charge is -2.18. The van der Waals surface area contributed by atoms with E-state index in [2.05, 4.69) is 10.0 Å². The third-order valence-corrected chi connectivity index (χ3v) is 4.74. The number of benzene rings is 1. The molecule has 0 heterocycles. The minimum absolute atomic E-state index is 0.128. The Bertz CT molecular complexity index is 651. The van der Waals surface area contributed by atoms with Crippen molar-refractivity contribution >= 4 is 27.5 Å². The van der Waals surface area contributed by atoms with E-state index in [0.29, 0.717) is 6.61 Å². The van der Waals surface area contributed by atoms with E-state index >= 15 is 0 Å². The van der Waals surface area contributed by atoms with Crippen LogP contribution in [0, 0.1) is 0 Å². The van der Waals surface area contributed by atoms with Crippen LogP contribution in [0.2, 0.25) is 5.02 Å². The van der Waals surface area contributed by atoms with Gasteiger partial charge in [-0.2, -0.15) is 4.72 Å². The number of methoxy groups -OCH3 is 2. The third-order valence-electron chi connectivity index (χ3n) is 2.95. The molecule has 2 atom stereocenters. The van der Waals surface area contributed by atoms with E-state index in [0.717, 1.165) is 0 Å².